The van der Waals surface area contributed by atoms with Crippen LogP contribution in [0.2, 0.25) is 0 Å². The first-order valence-electron chi connectivity index (χ1n) is 7.82. The minimum Gasteiger partial charge on any atom is -0.497 e. The van der Waals surface area contributed by atoms with Crippen molar-refractivity contribution in [1.29, 1.82) is 0 Å². The van der Waals surface area contributed by atoms with E-state index in [2.05, 4.69) is 29.1 Å². The smallest absolute Gasteiger partial charge is 0.237 e. The Morgan fingerprint density at radius 1 is 1.24 bits per heavy atom. The molecule has 1 N–H and O–H groups in total. The molecule has 0 bridgehead atoms. The molecule has 0 aliphatic carbocycles. The number of aryl methyl sites for hydroxylation is 2. The number of benzene rings is 1. The van der Waals surface area contributed by atoms with Gasteiger partial charge < -0.3 is 10.1 Å². The molecular weight excluding hydrogens is 354 g/mol. The number of carbonyl (C=O) groups excluding carboxylic acids is 1. The van der Waals surface area contributed by atoms with E-state index in [4.69, 9.17) is 4.74 Å². The number of ether oxygens (including phenoxy) is 1. The molecule has 0 spiro atoms. The van der Waals surface area contributed by atoms with E-state index >= 15 is 0 Å². The summed E-state index contributed by atoms with van der Waals surface area (Å²) in [5.74, 6) is 0.693. The number of methoxy groups -OCH3 is 1. The molecule has 3 rings (SSSR count). The van der Waals surface area contributed by atoms with Crippen LogP contribution in [-0.4, -0.2) is 28.2 Å². The van der Waals surface area contributed by atoms with Crippen molar-refractivity contribution in [2.45, 2.75) is 31.0 Å². The fraction of sp³-hybridized carbons (Fsp3) is 0.278. The van der Waals surface area contributed by atoms with E-state index in [-0.39, 0.29) is 11.2 Å². The molecule has 0 aliphatic rings. The molecule has 0 aliphatic heterocycles. The Bertz CT molecular complexity index is 907. The summed E-state index contributed by atoms with van der Waals surface area (Å²) >= 11 is 3.11. The Morgan fingerprint density at radius 3 is 2.64 bits per heavy atom. The standard InChI is InChI=1S/C18H19N3O2S2/c1-10-11(2)24-17-15(10)18(20-9-19-17)25-12(3)16(22)21-13-5-7-14(23-4)8-6-13/h5-9,12H,1-4H3,(H,21,22)/t12-/m0/s1. The summed E-state index contributed by atoms with van der Waals surface area (Å²) in [6.45, 7) is 6.03. The summed E-state index contributed by atoms with van der Waals surface area (Å²) in [6.07, 6.45) is 1.56. The van der Waals surface area contributed by atoms with E-state index in [0.29, 0.717) is 0 Å². The first kappa shape index (κ1) is 17.7. The van der Waals surface area contributed by atoms with Crippen molar-refractivity contribution in [3.63, 3.8) is 0 Å². The monoisotopic (exact) mass is 373 g/mol. The molecule has 2 aromatic heterocycles. The maximum atomic E-state index is 12.5. The molecule has 5 nitrogen and oxygen atoms in total. The van der Waals surface area contributed by atoms with Gasteiger partial charge in [0.05, 0.1) is 12.4 Å². The topological polar surface area (TPSA) is 64.1 Å². The fourth-order valence-electron chi connectivity index (χ4n) is 2.38. The summed E-state index contributed by atoms with van der Waals surface area (Å²) < 4.78 is 5.12. The zero-order valence-electron chi connectivity index (χ0n) is 14.5. The number of amides is 1. The molecule has 0 saturated heterocycles. The SMILES string of the molecule is COc1ccc(NC(=O)[C@H](C)Sc2ncnc3sc(C)c(C)c23)cc1. The van der Waals surface area contributed by atoms with Crippen molar-refractivity contribution in [3.8, 4) is 5.75 Å². The first-order valence-corrected chi connectivity index (χ1v) is 9.51. The third kappa shape index (κ3) is 3.77. The molecule has 7 heteroatoms. The highest BCUT2D eigenvalue weighted by atomic mass is 32.2. The van der Waals surface area contributed by atoms with Crippen molar-refractivity contribution in [2.24, 2.45) is 0 Å². The lowest BCUT2D eigenvalue weighted by atomic mass is 10.2. The van der Waals surface area contributed by atoms with Crippen molar-refractivity contribution < 1.29 is 9.53 Å². The lowest BCUT2D eigenvalue weighted by Crippen LogP contribution is -2.22. The van der Waals surface area contributed by atoms with Gasteiger partial charge >= 0.3 is 0 Å². The summed E-state index contributed by atoms with van der Waals surface area (Å²) in [6, 6.07) is 7.28. The lowest BCUT2D eigenvalue weighted by molar-refractivity contribution is -0.115. The summed E-state index contributed by atoms with van der Waals surface area (Å²) in [7, 11) is 1.61. The van der Waals surface area contributed by atoms with E-state index in [1.807, 2.05) is 31.2 Å². The second-order valence-electron chi connectivity index (χ2n) is 5.62. The number of aromatic nitrogens is 2. The zero-order chi connectivity index (χ0) is 18.0. The number of rotatable bonds is 5. The Morgan fingerprint density at radius 2 is 1.96 bits per heavy atom. The molecule has 0 saturated carbocycles. The van der Waals surface area contributed by atoms with Crippen molar-refractivity contribution >= 4 is 44.9 Å². The van der Waals surface area contributed by atoms with Crippen LogP contribution in [-0.2, 0) is 4.79 Å². The molecular formula is C18H19N3O2S2. The number of thiophene rings is 1. The number of anilines is 1. The highest BCUT2D eigenvalue weighted by Gasteiger charge is 2.19. The Balaban J connectivity index is 1.75. The van der Waals surface area contributed by atoms with Crippen LogP contribution < -0.4 is 10.1 Å². The number of carbonyl (C=O) groups is 1. The van der Waals surface area contributed by atoms with E-state index in [1.54, 1.807) is 24.8 Å². The molecule has 1 aromatic carbocycles. The molecule has 1 amide bonds. The van der Waals surface area contributed by atoms with Gasteiger partial charge in [0, 0.05) is 16.0 Å². The van der Waals surface area contributed by atoms with Gasteiger partial charge in [0.2, 0.25) is 5.91 Å². The van der Waals surface area contributed by atoms with Crippen LogP contribution in [0.4, 0.5) is 5.69 Å². The number of hydrogen-bond donors (Lipinski definition) is 1. The minimum absolute atomic E-state index is 0.0634. The molecule has 3 aromatic rings. The third-order valence-corrected chi connectivity index (χ3v) is 6.16. The van der Waals surface area contributed by atoms with Crippen LogP contribution in [0.1, 0.15) is 17.4 Å². The first-order chi connectivity index (χ1) is 12.0. The number of nitrogens with one attached hydrogen (secondary N) is 1. The Labute approximate surface area is 154 Å². The quantitative estimate of drug-likeness (QED) is 0.529. The predicted octanol–water partition coefficient (Wildman–Crippen LogP) is 4.44. The van der Waals surface area contributed by atoms with Crippen molar-refractivity contribution in [2.75, 3.05) is 12.4 Å². The highest BCUT2D eigenvalue weighted by molar-refractivity contribution is 8.00. The summed E-state index contributed by atoms with van der Waals surface area (Å²) in [5, 5.41) is 4.55. The fourth-order valence-corrected chi connectivity index (χ4v) is 4.42. The normalized spacial score (nSPS) is 12.2. The maximum Gasteiger partial charge on any atom is 0.237 e. The average Bonchev–Trinajstić information content (AvgIpc) is 2.90. The van der Waals surface area contributed by atoms with Crippen LogP contribution in [0.3, 0.4) is 0 Å². The molecule has 130 valence electrons. The minimum atomic E-state index is -0.278. The second-order valence-corrected chi connectivity index (χ2v) is 8.15. The molecule has 1 atom stereocenters. The van der Waals surface area contributed by atoms with E-state index in [0.717, 1.165) is 26.7 Å². The van der Waals surface area contributed by atoms with Crippen LogP contribution in [0.25, 0.3) is 10.2 Å². The van der Waals surface area contributed by atoms with E-state index in [1.165, 1.54) is 22.2 Å². The van der Waals surface area contributed by atoms with Gasteiger partial charge in [-0.1, -0.05) is 11.8 Å². The van der Waals surface area contributed by atoms with Gasteiger partial charge in [-0.05, 0) is 50.6 Å². The largest absolute Gasteiger partial charge is 0.497 e. The van der Waals surface area contributed by atoms with Crippen LogP contribution >= 0.6 is 23.1 Å². The van der Waals surface area contributed by atoms with Gasteiger partial charge in [-0.15, -0.1) is 11.3 Å². The summed E-state index contributed by atoms with van der Waals surface area (Å²) in [4.78, 5) is 23.4. The average molecular weight is 374 g/mol. The maximum absolute atomic E-state index is 12.5. The van der Waals surface area contributed by atoms with Gasteiger partial charge in [-0.25, -0.2) is 9.97 Å². The van der Waals surface area contributed by atoms with Gasteiger partial charge in [0.1, 0.15) is 21.9 Å². The van der Waals surface area contributed by atoms with Crippen LogP contribution in [0.15, 0.2) is 35.6 Å². The molecule has 0 fully saturated rings. The van der Waals surface area contributed by atoms with Gasteiger partial charge in [-0.3, -0.25) is 4.79 Å². The molecule has 2 heterocycles. The molecule has 0 unspecified atom stereocenters. The van der Waals surface area contributed by atoms with E-state index < -0.39 is 0 Å². The third-order valence-electron chi connectivity index (χ3n) is 3.95. The number of thioether (sulfide) groups is 1. The van der Waals surface area contributed by atoms with Crippen molar-refractivity contribution in [1.82, 2.24) is 9.97 Å². The molecule has 25 heavy (non-hydrogen) atoms. The van der Waals surface area contributed by atoms with Crippen molar-refractivity contribution in [3.05, 3.63) is 41.0 Å². The van der Waals surface area contributed by atoms with Crippen LogP contribution in [0.5, 0.6) is 5.75 Å². The predicted molar refractivity (Wildman–Crippen MR) is 104 cm³/mol. The molecule has 0 radical (unpaired) electrons. The number of nitrogens with zero attached hydrogens (tertiary/aromatic N) is 2. The number of fused-ring (bicyclic) bond motifs is 1. The second kappa shape index (κ2) is 7.41. The number of hydrogen-bond acceptors (Lipinski definition) is 6. The lowest BCUT2D eigenvalue weighted by Gasteiger charge is -2.12. The van der Waals surface area contributed by atoms with Gasteiger partial charge in [0.15, 0.2) is 0 Å². The van der Waals surface area contributed by atoms with Gasteiger partial charge in [-0.2, -0.15) is 0 Å². The van der Waals surface area contributed by atoms with E-state index in [9.17, 15) is 4.79 Å². The van der Waals surface area contributed by atoms with Gasteiger partial charge in [0.25, 0.3) is 0 Å². The Kier molecular flexibility index (Phi) is 5.24. The summed E-state index contributed by atoms with van der Waals surface area (Å²) in [5.41, 5.74) is 1.93. The Hall–Kier alpha value is -2.12. The highest BCUT2D eigenvalue weighted by Crippen LogP contribution is 2.36. The zero-order valence-corrected chi connectivity index (χ0v) is 16.1. The van der Waals surface area contributed by atoms with Crippen LogP contribution in [0, 0.1) is 13.8 Å².